The highest BCUT2D eigenvalue weighted by atomic mass is 28.3. The van der Waals surface area contributed by atoms with E-state index in [2.05, 4.69) is 24.7 Å². The van der Waals surface area contributed by atoms with Crippen LogP contribution in [0.15, 0.2) is 24.4 Å². The Morgan fingerprint density at radius 2 is 2.15 bits per heavy atom. The summed E-state index contributed by atoms with van der Waals surface area (Å²) in [5.41, 5.74) is 0.820. The Kier molecular flexibility index (Phi) is 4.19. The highest BCUT2D eigenvalue weighted by Gasteiger charge is 2.12. The average molecular weight is 293 g/mol. The van der Waals surface area contributed by atoms with Gasteiger partial charge in [-0.15, -0.1) is 0 Å². The summed E-state index contributed by atoms with van der Waals surface area (Å²) in [6.45, 7) is 8.02. The van der Waals surface area contributed by atoms with Crippen LogP contribution in [0.1, 0.15) is 0 Å². The molecule has 0 radical (unpaired) electrons. The summed E-state index contributed by atoms with van der Waals surface area (Å²) < 4.78 is 7.28. The molecule has 0 aliphatic carbocycles. The van der Waals surface area contributed by atoms with Gasteiger partial charge in [0.25, 0.3) is 5.69 Å². The van der Waals surface area contributed by atoms with Crippen molar-refractivity contribution in [2.75, 3.05) is 6.61 Å². The first-order chi connectivity index (χ1) is 9.35. The summed E-state index contributed by atoms with van der Waals surface area (Å²) in [6, 6.07) is 5.76. The van der Waals surface area contributed by atoms with Crippen molar-refractivity contribution in [2.24, 2.45) is 0 Å². The second kappa shape index (κ2) is 5.72. The average Bonchev–Trinajstić information content (AvgIpc) is 2.75. The largest absolute Gasteiger partial charge is 0.360 e. The standard InChI is InChI=1S/C13H19N3O3Si/c1-20(2,3)7-6-19-10-15-9-11-8-12(16(17)18)4-5-13(11)14-15/h4-5,8-9H,6-7,10H2,1-3H3. The van der Waals surface area contributed by atoms with Gasteiger partial charge in [0.05, 0.1) is 10.4 Å². The lowest BCUT2D eigenvalue weighted by Crippen LogP contribution is -2.22. The van der Waals surface area contributed by atoms with E-state index in [4.69, 9.17) is 4.74 Å². The monoisotopic (exact) mass is 293 g/mol. The molecule has 0 aliphatic heterocycles. The maximum absolute atomic E-state index is 10.7. The number of hydrogen-bond donors (Lipinski definition) is 0. The minimum atomic E-state index is -1.08. The van der Waals surface area contributed by atoms with E-state index in [-0.39, 0.29) is 5.69 Å². The molecule has 20 heavy (non-hydrogen) atoms. The maximum Gasteiger partial charge on any atom is 0.270 e. The van der Waals surface area contributed by atoms with Gasteiger partial charge in [-0.1, -0.05) is 19.6 Å². The fourth-order valence-corrected chi connectivity index (χ4v) is 2.54. The first kappa shape index (κ1) is 14.7. The van der Waals surface area contributed by atoms with Crippen molar-refractivity contribution < 1.29 is 9.66 Å². The first-order valence-electron chi connectivity index (χ1n) is 6.54. The molecule has 108 valence electrons. The van der Waals surface area contributed by atoms with Crippen molar-refractivity contribution in [3.63, 3.8) is 0 Å². The molecule has 1 heterocycles. The van der Waals surface area contributed by atoms with Crippen LogP contribution in [0.2, 0.25) is 25.7 Å². The predicted molar refractivity (Wildman–Crippen MR) is 80.5 cm³/mol. The van der Waals surface area contributed by atoms with E-state index >= 15 is 0 Å². The number of rotatable bonds is 6. The molecule has 0 unspecified atom stereocenters. The van der Waals surface area contributed by atoms with Crippen molar-refractivity contribution in [3.05, 3.63) is 34.5 Å². The Morgan fingerprint density at radius 1 is 1.40 bits per heavy atom. The molecule has 0 saturated heterocycles. The third-order valence-corrected chi connectivity index (χ3v) is 4.67. The minimum Gasteiger partial charge on any atom is -0.360 e. The van der Waals surface area contributed by atoms with Crippen molar-refractivity contribution >= 4 is 24.7 Å². The number of non-ortho nitro benzene ring substituents is 1. The number of hydrogen-bond acceptors (Lipinski definition) is 4. The van der Waals surface area contributed by atoms with Gasteiger partial charge in [-0.25, -0.2) is 4.68 Å². The summed E-state index contributed by atoms with van der Waals surface area (Å²) in [5, 5.41) is 15.8. The molecule has 0 aliphatic rings. The minimum absolute atomic E-state index is 0.0803. The summed E-state index contributed by atoms with van der Waals surface area (Å²) >= 11 is 0. The van der Waals surface area contributed by atoms with Gasteiger partial charge < -0.3 is 4.74 Å². The maximum atomic E-state index is 10.7. The SMILES string of the molecule is C[Si](C)(C)CCOCn1cc2cc([N+](=O)[O-])ccc2n1. The first-order valence-corrected chi connectivity index (χ1v) is 10.3. The predicted octanol–water partition coefficient (Wildman–Crippen LogP) is 3.26. The number of aromatic nitrogens is 2. The van der Waals surface area contributed by atoms with Crippen LogP contribution in [0, 0.1) is 10.1 Å². The Bertz CT molecular complexity index is 619. The zero-order chi connectivity index (χ0) is 14.8. The molecule has 2 aromatic rings. The van der Waals surface area contributed by atoms with Gasteiger partial charge in [-0.05, 0) is 12.1 Å². The molecule has 6 nitrogen and oxygen atoms in total. The number of benzene rings is 1. The van der Waals surface area contributed by atoms with Crippen LogP contribution in [0.4, 0.5) is 5.69 Å². The zero-order valence-electron chi connectivity index (χ0n) is 12.0. The highest BCUT2D eigenvalue weighted by Crippen LogP contribution is 2.19. The van der Waals surface area contributed by atoms with Gasteiger partial charge in [0.2, 0.25) is 0 Å². The number of nitro benzene ring substituents is 1. The molecule has 0 bridgehead atoms. The third-order valence-electron chi connectivity index (χ3n) is 2.97. The molecule has 0 atom stereocenters. The van der Waals surface area contributed by atoms with Crippen LogP contribution in [-0.4, -0.2) is 29.4 Å². The molecule has 0 amide bonds. The topological polar surface area (TPSA) is 70.2 Å². The Balaban J connectivity index is 1.99. The van der Waals surface area contributed by atoms with Crippen molar-refractivity contribution in [1.29, 1.82) is 0 Å². The molecular formula is C13H19N3O3Si. The second-order valence-corrected chi connectivity index (χ2v) is 11.6. The van der Waals surface area contributed by atoms with Crippen molar-refractivity contribution in [2.45, 2.75) is 32.4 Å². The van der Waals surface area contributed by atoms with E-state index in [0.29, 0.717) is 6.73 Å². The van der Waals surface area contributed by atoms with Gasteiger partial charge in [-0.2, -0.15) is 5.10 Å². The second-order valence-electron chi connectivity index (χ2n) is 6.02. The van der Waals surface area contributed by atoms with Gasteiger partial charge in [0, 0.05) is 38.4 Å². The van der Waals surface area contributed by atoms with Crippen LogP contribution < -0.4 is 0 Å². The summed E-state index contributed by atoms with van der Waals surface area (Å²) in [5.74, 6) is 0. The molecule has 0 spiro atoms. The smallest absolute Gasteiger partial charge is 0.270 e. The van der Waals surface area contributed by atoms with E-state index in [9.17, 15) is 10.1 Å². The molecule has 1 aromatic heterocycles. The van der Waals surface area contributed by atoms with E-state index in [1.54, 1.807) is 16.9 Å². The van der Waals surface area contributed by atoms with Crippen LogP contribution in [-0.2, 0) is 11.5 Å². The fraction of sp³-hybridized carbons (Fsp3) is 0.462. The molecular weight excluding hydrogens is 274 g/mol. The third kappa shape index (κ3) is 3.88. The normalized spacial score (nSPS) is 11.9. The summed E-state index contributed by atoms with van der Waals surface area (Å²) in [6.07, 6.45) is 1.77. The van der Waals surface area contributed by atoms with Gasteiger partial charge in [-0.3, -0.25) is 10.1 Å². The molecule has 0 saturated carbocycles. The van der Waals surface area contributed by atoms with Crippen LogP contribution in [0.25, 0.3) is 10.9 Å². The van der Waals surface area contributed by atoms with Gasteiger partial charge >= 0.3 is 0 Å². The number of ether oxygens (including phenoxy) is 1. The molecule has 1 aromatic carbocycles. The Hall–Kier alpha value is -1.73. The van der Waals surface area contributed by atoms with E-state index in [0.717, 1.165) is 23.6 Å². The van der Waals surface area contributed by atoms with E-state index in [1.807, 2.05) is 0 Å². The summed E-state index contributed by atoms with van der Waals surface area (Å²) in [7, 11) is -1.08. The molecule has 0 fully saturated rings. The lowest BCUT2D eigenvalue weighted by Gasteiger charge is -2.15. The van der Waals surface area contributed by atoms with Crippen LogP contribution in [0.3, 0.4) is 0 Å². The van der Waals surface area contributed by atoms with E-state index < -0.39 is 13.0 Å². The van der Waals surface area contributed by atoms with Gasteiger partial charge in [0.1, 0.15) is 6.73 Å². The van der Waals surface area contributed by atoms with Crippen LogP contribution in [0.5, 0.6) is 0 Å². The van der Waals surface area contributed by atoms with Crippen molar-refractivity contribution in [3.8, 4) is 0 Å². The number of nitro groups is 1. The van der Waals surface area contributed by atoms with Crippen LogP contribution >= 0.6 is 0 Å². The number of fused-ring (bicyclic) bond motifs is 1. The number of nitrogens with zero attached hydrogens (tertiary/aromatic N) is 3. The zero-order valence-corrected chi connectivity index (χ0v) is 13.0. The Morgan fingerprint density at radius 3 is 2.80 bits per heavy atom. The van der Waals surface area contributed by atoms with Gasteiger partial charge in [0.15, 0.2) is 0 Å². The van der Waals surface area contributed by atoms with E-state index in [1.165, 1.54) is 12.1 Å². The highest BCUT2D eigenvalue weighted by molar-refractivity contribution is 6.76. The lowest BCUT2D eigenvalue weighted by atomic mass is 10.2. The molecule has 0 N–H and O–H groups in total. The molecule has 7 heteroatoms. The quantitative estimate of drug-likeness (QED) is 0.355. The Labute approximate surface area is 118 Å². The molecule has 2 rings (SSSR count). The summed E-state index contributed by atoms with van der Waals surface area (Å²) in [4.78, 5) is 10.3. The lowest BCUT2D eigenvalue weighted by molar-refractivity contribution is -0.384. The fourth-order valence-electron chi connectivity index (χ4n) is 1.78. The van der Waals surface area contributed by atoms with Crippen molar-refractivity contribution in [1.82, 2.24) is 9.78 Å².